The van der Waals surface area contributed by atoms with Crippen molar-refractivity contribution in [3.8, 4) is 11.1 Å². The van der Waals surface area contributed by atoms with Crippen molar-refractivity contribution < 1.29 is 0 Å². The molecule has 0 fully saturated rings. The molecule has 0 radical (unpaired) electrons. The lowest BCUT2D eigenvalue weighted by atomic mass is 10.1. The summed E-state index contributed by atoms with van der Waals surface area (Å²) in [5.41, 5.74) is 3.22. The summed E-state index contributed by atoms with van der Waals surface area (Å²) in [5.74, 6) is 0.728. The molecule has 4 aromatic rings. The van der Waals surface area contributed by atoms with Gasteiger partial charge < -0.3 is 5.32 Å². The number of rotatable bonds is 3. The van der Waals surface area contributed by atoms with E-state index in [0.717, 1.165) is 32.8 Å². The Morgan fingerprint density at radius 3 is 2.30 bits per heavy atom. The summed E-state index contributed by atoms with van der Waals surface area (Å²) < 4.78 is 0. The Bertz CT molecular complexity index is 952. The monoisotopic (exact) mass is 337 g/mol. The van der Waals surface area contributed by atoms with Crippen LogP contribution in [0.1, 0.15) is 0 Å². The van der Waals surface area contributed by atoms with Crippen LogP contribution in [0.3, 0.4) is 0 Å². The number of nitrogens with one attached hydrogen (secondary N) is 1. The molecule has 2 aromatic heterocycles. The maximum absolute atomic E-state index is 6.09. The Kier molecular flexibility index (Phi) is 3.69. The van der Waals surface area contributed by atoms with Gasteiger partial charge >= 0.3 is 0 Å². The molecule has 0 atom stereocenters. The average Bonchev–Trinajstić information content (AvgIpc) is 3.00. The van der Waals surface area contributed by atoms with Gasteiger partial charge in [-0.3, -0.25) is 0 Å². The Balaban J connectivity index is 1.90. The first kappa shape index (κ1) is 14.2. The first-order valence-electron chi connectivity index (χ1n) is 7.13. The third kappa shape index (κ3) is 2.79. The summed E-state index contributed by atoms with van der Waals surface area (Å²) in [6.45, 7) is 0. The van der Waals surface area contributed by atoms with E-state index in [1.807, 2.05) is 48.5 Å². The maximum atomic E-state index is 6.09. The SMILES string of the molecule is Clc1nc(Nc2ccccc2)c2c(-c3ccccc3)csc2n1. The second-order valence-corrected chi connectivity index (χ2v) is 6.22. The molecule has 1 N–H and O–H groups in total. The van der Waals surface area contributed by atoms with Crippen molar-refractivity contribution in [1.82, 2.24) is 9.97 Å². The quantitative estimate of drug-likeness (QED) is 0.483. The summed E-state index contributed by atoms with van der Waals surface area (Å²) in [4.78, 5) is 9.64. The molecule has 0 saturated carbocycles. The van der Waals surface area contributed by atoms with Gasteiger partial charge in [0, 0.05) is 16.6 Å². The van der Waals surface area contributed by atoms with E-state index in [-0.39, 0.29) is 5.28 Å². The molecule has 2 aromatic carbocycles. The standard InChI is InChI=1S/C18H12ClN3S/c19-18-21-16(20-13-9-5-2-6-10-13)15-14(11-23-17(15)22-18)12-7-3-1-4-8-12/h1-11H,(H,20,21,22). The van der Waals surface area contributed by atoms with E-state index < -0.39 is 0 Å². The minimum atomic E-state index is 0.248. The van der Waals surface area contributed by atoms with Gasteiger partial charge in [0.2, 0.25) is 5.28 Å². The fourth-order valence-corrected chi connectivity index (χ4v) is 3.66. The number of aromatic nitrogens is 2. The number of benzene rings is 2. The zero-order chi connectivity index (χ0) is 15.6. The number of nitrogens with zero attached hydrogens (tertiary/aromatic N) is 2. The number of para-hydroxylation sites is 1. The van der Waals surface area contributed by atoms with Crippen LogP contribution < -0.4 is 5.32 Å². The highest BCUT2D eigenvalue weighted by Gasteiger charge is 2.15. The number of hydrogen-bond donors (Lipinski definition) is 1. The van der Waals surface area contributed by atoms with Gasteiger partial charge in [0.25, 0.3) is 0 Å². The molecule has 0 saturated heterocycles. The number of hydrogen-bond acceptors (Lipinski definition) is 4. The topological polar surface area (TPSA) is 37.8 Å². The fourth-order valence-electron chi connectivity index (χ4n) is 2.49. The van der Waals surface area contributed by atoms with Gasteiger partial charge in [0.15, 0.2) is 0 Å². The number of halogens is 1. The highest BCUT2D eigenvalue weighted by Crippen LogP contribution is 2.38. The van der Waals surface area contributed by atoms with Crippen molar-refractivity contribution in [3.63, 3.8) is 0 Å². The molecule has 112 valence electrons. The first-order chi connectivity index (χ1) is 11.3. The number of anilines is 2. The third-order valence-electron chi connectivity index (χ3n) is 3.53. The van der Waals surface area contributed by atoms with Crippen LogP contribution in [0.4, 0.5) is 11.5 Å². The summed E-state index contributed by atoms with van der Waals surface area (Å²) in [5, 5.41) is 6.70. The van der Waals surface area contributed by atoms with Gasteiger partial charge in [-0.25, -0.2) is 4.98 Å². The summed E-state index contributed by atoms with van der Waals surface area (Å²) in [7, 11) is 0. The Hall–Kier alpha value is -2.43. The van der Waals surface area contributed by atoms with E-state index in [9.17, 15) is 0 Å². The fraction of sp³-hybridized carbons (Fsp3) is 0. The second-order valence-electron chi connectivity index (χ2n) is 5.03. The van der Waals surface area contributed by atoms with Gasteiger partial charge in [-0.2, -0.15) is 4.98 Å². The van der Waals surface area contributed by atoms with Crippen LogP contribution in [0.5, 0.6) is 0 Å². The van der Waals surface area contributed by atoms with Crippen molar-refractivity contribution in [2.75, 3.05) is 5.32 Å². The molecule has 0 unspecified atom stereocenters. The molecule has 0 amide bonds. The molecule has 2 heterocycles. The van der Waals surface area contributed by atoms with Gasteiger partial charge in [0.1, 0.15) is 10.6 Å². The van der Waals surface area contributed by atoms with Crippen LogP contribution in [0.25, 0.3) is 21.3 Å². The molecule has 3 nitrogen and oxygen atoms in total. The zero-order valence-corrected chi connectivity index (χ0v) is 13.6. The van der Waals surface area contributed by atoms with Crippen molar-refractivity contribution in [2.24, 2.45) is 0 Å². The zero-order valence-electron chi connectivity index (χ0n) is 12.0. The Morgan fingerprint density at radius 1 is 0.870 bits per heavy atom. The highest BCUT2D eigenvalue weighted by molar-refractivity contribution is 7.17. The molecule has 0 bridgehead atoms. The van der Waals surface area contributed by atoms with Gasteiger partial charge in [0.05, 0.1) is 5.39 Å². The van der Waals surface area contributed by atoms with Crippen molar-refractivity contribution >= 4 is 44.7 Å². The van der Waals surface area contributed by atoms with Gasteiger partial charge in [-0.05, 0) is 29.3 Å². The first-order valence-corrected chi connectivity index (χ1v) is 8.39. The van der Waals surface area contributed by atoms with E-state index >= 15 is 0 Å². The van der Waals surface area contributed by atoms with E-state index in [1.54, 1.807) is 11.3 Å². The maximum Gasteiger partial charge on any atom is 0.225 e. The van der Waals surface area contributed by atoms with E-state index in [1.165, 1.54) is 0 Å². The summed E-state index contributed by atoms with van der Waals surface area (Å²) >= 11 is 7.66. The third-order valence-corrected chi connectivity index (χ3v) is 4.57. The molecule has 0 aliphatic heterocycles. The molecule has 0 aliphatic rings. The lowest BCUT2D eigenvalue weighted by molar-refractivity contribution is 1.23. The largest absolute Gasteiger partial charge is 0.340 e. The number of thiophene rings is 1. The predicted molar refractivity (Wildman–Crippen MR) is 97.6 cm³/mol. The van der Waals surface area contributed by atoms with Crippen LogP contribution in [0.15, 0.2) is 66.0 Å². The van der Waals surface area contributed by atoms with E-state index in [0.29, 0.717) is 0 Å². The summed E-state index contributed by atoms with van der Waals surface area (Å²) in [6, 6.07) is 20.2. The predicted octanol–water partition coefficient (Wildman–Crippen LogP) is 5.76. The number of fused-ring (bicyclic) bond motifs is 1. The van der Waals surface area contributed by atoms with Crippen molar-refractivity contribution in [1.29, 1.82) is 0 Å². The van der Waals surface area contributed by atoms with Crippen molar-refractivity contribution in [2.45, 2.75) is 0 Å². The average molecular weight is 338 g/mol. The van der Waals surface area contributed by atoms with Crippen LogP contribution in [-0.2, 0) is 0 Å². The van der Waals surface area contributed by atoms with Crippen LogP contribution in [-0.4, -0.2) is 9.97 Å². The van der Waals surface area contributed by atoms with Crippen LogP contribution in [0, 0.1) is 0 Å². The Labute approximate surface area is 142 Å². The summed E-state index contributed by atoms with van der Waals surface area (Å²) in [6.07, 6.45) is 0. The van der Waals surface area contributed by atoms with Gasteiger partial charge in [-0.15, -0.1) is 11.3 Å². The van der Waals surface area contributed by atoms with Crippen molar-refractivity contribution in [3.05, 3.63) is 71.3 Å². The molecule has 0 spiro atoms. The van der Waals surface area contributed by atoms with E-state index in [4.69, 9.17) is 11.6 Å². The smallest absolute Gasteiger partial charge is 0.225 e. The molecular weight excluding hydrogens is 326 g/mol. The molecule has 23 heavy (non-hydrogen) atoms. The molecular formula is C18H12ClN3S. The Morgan fingerprint density at radius 2 is 1.57 bits per heavy atom. The molecule has 4 rings (SSSR count). The lowest BCUT2D eigenvalue weighted by Crippen LogP contribution is -1.96. The van der Waals surface area contributed by atoms with E-state index in [2.05, 4.69) is 32.8 Å². The molecule has 0 aliphatic carbocycles. The highest BCUT2D eigenvalue weighted by atomic mass is 35.5. The minimum Gasteiger partial charge on any atom is -0.340 e. The van der Waals surface area contributed by atoms with Crippen LogP contribution in [0.2, 0.25) is 5.28 Å². The molecule has 5 heteroatoms. The van der Waals surface area contributed by atoms with Gasteiger partial charge in [-0.1, -0.05) is 48.5 Å². The van der Waals surface area contributed by atoms with Crippen LogP contribution >= 0.6 is 22.9 Å². The normalized spacial score (nSPS) is 10.8. The lowest BCUT2D eigenvalue weighted by Gasteiger charge is -2.09. The minimum absolute atomic E-state index is 0.248. The second kappa shape index (κ2) is 5.99.